The number of nitrogens with two attached hydrogens (primary N) is 1. The minimum Gasteiger partial charge on any atom is -0.445 e. The lowest BCUT2D eigenvalue weighted by Gasteiger charge is -2.23. The first-order chi connectivity index (χ1) is 6.74. The highest BCUT2D eigenvalue weighted by Crippen LogP contribution is 2.08. The lowest BCUT2D eigenvalue weighted by molar-refractivity contribution is 0.0839. The van der Waals surface area contributed by atoms with Crippen LogP contribution in [0.5, 0.6) is 0 Å². The number of hydrogen-bond acceptors (Lipinski definition) is 3. The summed E-state index contributed by atoms with van der Waals surface area (Å²) in [6.45, 7) is 10.3. The zero-order valence-electron chi connectivity index (χ0n) is 10.5. The topological polar surface area (TPSA) is 64.3 Å². The van der Waals surface area contributed by atoms with Gasteiger partial charge in [0.25, 0.3) is 0 Å². The average Bonchev–Trinajstić information content (AvgIpc) is 1.98. The smallest absolute Gasteiger partial charge is 0.407 e. The predicted molar refractivity (Wildman–Crippen MR) is 61.7 cm³/mol. The van der Waals surface area contributed by atoms with Gasteiger partial charge in [-0.2, -0.15) is 0 Å². The van der Waals surface area contributed by atoms with Gasteiger partial charge in [-0.25, -0.2) is 4.79 Å². The summed E-state index contributed by atoms with van der Waals surface area (Å²) >= 11 is 0. The van der Waals surface area contributed by atoms with Gasteiger partial charge in [-0.1, -0.05) is 13.8 Å². The Balaban J connectivity index is 4.02. The molecule has 4 heteroatoms. The molecule has 0 aromatic carbocycles. The molecule has 1 amide bonds. The normalized spacial score (nSPS) is 13.8. The van der Waals surface area contributed by atoms with Crippen molar-refractivity contribution in [3.8, 4) is 0 Å². The van der Waals surface area contributed by atoms with E-state index in [-0.39, 0.29) is 11.6 Å². The second-order valence-corrected chi connectivity index (χ2v) is 5.27. The van der Waals surface area contributed by atoms with Crippen LogP contribution in [0, 0.1) is 5.92 Å². The van der Waals surface area contributed by atoms with Crippen LogP contribution in [0.25, 0.3) is 0 Å². The fourth-order valence-corrected chi connectivity index (χ4v) is 1.21. The molecule has 0 aliphatic carbocycles. The van der Waals surface area contributed by atoms with Crippen LogP contribution < -0.4 is 11.1 Å². The molecular weight excluding hydrogens is 192 g/mol. The molecule has 0 spiro atoms. The van der Waals surface area contributed by atoms with E-state index in [1.54, 1.807) is 0 Å². The van der Waals surface area contributed by atoms with Crippen molar-refractivity contribution in [2.24, 2.45) is 11.7 Å². The summed E-state index contributed by atoms with van der Waals surface area (Å²) < 4.78 is 5.21. The highest BCUT2D eigenvalue weighted by atomic mass is 16.6. The zero-order valence-corrected chi connectivity index (χ0v) is 10.5. The number of ether oxygens (including phenoxy) is 1. The van der Waals surface area contributed by atoms with E-state index in [1.807, 2.05) is 20.8 Å². The maximum absolute atomic E-state index is 11.4. The molecule has 0 saturated carbocycles. The van der Waals surface area contributed by atoms with Crippen LogP contribution in [0.15, 0.2) is 0 Å². The third-order valence-corrected chi connectivity index (χ3v) is 1.75. The molecule has 0 aromatic heterocycles. The maximum Gasteiger partial charge on any atom is 0.407 e. The Kier molecular flexibility index (Phi) is 5.65. The molecule has 0 radical (unpaired) electrons. The molecule has 4 nitrogen and oxygen atoms in total. The second-order valence-electron chi connectivity index (χ2n) is 5.27. The Hall–Kier alpha value is -0.770. The summed E-state index contributed by atoms with van der Waals surface area (Å²) in [4.78, 5) is 11.4. The highest BCUT2D eigenvalue weighted by molar-refractivity contribution is 5.68. The van der Waals surface area contributed by atoms with Crippen molar-refractivity contribution < 1.29 is 9.53 Å². The molecule has 0 bridgehead atoms. The third-order valence-electron chi connectivity index (χ3n) is 1.75. The monoisotopic (exact) mass is 216 g/mol. The summed E-state index contributed by atoms with van der Waals surface area (Å²) in [7, 11) is 0. The quantitative estimate of drug-likeness (QED) is 0.754. The minimum atomic E-state index is -0.390. The number of amides is 1. The molecular formula is C11H24N2O2. The molecule has 0 aromatic rings. The fraction of sp³-hybridized carbons (Fsp3) is 0.909. The lowest BCUT2D eigenvalue weighted by atomic mass is 10.1. The van der Waals surface area contributed by atoms with Gasteiger partial charge in [-0.15, -0.1) is 0 Å². The highest BCUT2D eigenvalue weighted by Gasteiger charge is 2.18. The average molecular weight is 216 g/mol. The van der Waals surface area contributed by atoms with Gasteiger partial charge in [0.2, 0.25) is 0 Å². The molecule has 0 heterocycles. The summed E-state index contributed by atoms with van der Waals surface area (Å²) in [5.74, 6) is 0.473. The molecule has 15 heavy (non-hydrogen) atoms. The first-order valence-corrected chi connectivity index (χ1v) is 5.43. The number of nitrogens with one attached hydrogen (secondary N) is 1. The summed E-state index contributed by atoms with van der Waals surface area (Å²) in [5.41, 5.74) is 5.26. The van der Waals surface area contributed by atoms with Crippen molar-refractivity contribution in [3.05, 3.63) is 0 Å². The molecule has 90 valence electrons. The van der Waals surface area contributed by atoms with Gasteiger partial charge in [-0.05, 0) is 33.1 Å². The number of rotatable bonds is 4. The van der Waals surface area contributed by atoms with Gasteiger partial charge in [0, 0.05) is 12.1 Å². The van der Waals surface area contributed by atoms with Crippen molar-refractivity contribution in [2.45, 2.75) is 52.7 Å². The van der Waals surface area contributed by atoms with E-state index in [0.717, 1.165) is 6.42 Å². The zero-order chi connectivity index (χ0) is 12.1. The van der Waals surface area contributed by atoms with Gasteiger partial charge in [-0.3, -0.25) is 0 Å². The molecule has 0 unspecified atom stereocenters. The van der Waals surface area contributed by atoms with Gasteiger partial charge >= 0.3 is 6.09 Å². The molecule has 0 aliphatic rings. The van der Waals surface area contributed by atoms with Crippen molar-refractivity contribution in [2.75, 3.05) is 6.54 Å². The van der Waals surface area contributed by atoms with E-state index in [1.165, 1.54) is 0 Å². The molecule has 0 saturated heterocycles. The third kappa shape index (κ3) is 8.24. The van der Waals surface area contributed by atoms with Crippen LogP contribution in [-0.4, -0.2) is 24.3 Å². The molecule has 0 aliphatic heterocycles. The van der Waals surface area contributed by atoms with Crippen LogP contribution >= 0.6 is 0 Å². The number of hydrogen-bond donors (Lipinski definition) is 2. The van der Waals surface area contributed by atoms with E-state index < -0.39 is 6.09 Å². The molecule has 0 fully saturated rings. The van der Waals surface area contributed by atoms with Gasteiger partial charge < -0.3 is 15.8 Å². The number of carbonyl (C=O) groups excluding carboxylic acids is 1. The van der Waals surface area contributed by atoms with E-state index in [0.29, 0.717) is 12.5 Å². The fourth-order valence-electron chi connectivity index (χ4n) is 1.21. The Morgan fingerprint density at radius 3 is 2.27 bits per heavy atom. The van der Waals surface area contributed by atoms with Gasteiger partial charge in [0.1, 0.15) is 6.10 Å². The maximum atomic E-state index is 11.4. The SMILES string of the molecule is CC(C)C[C@@H](CN)OC(=O)NC(C)(C)C. The van der Waals surface area contributed by atoms with Crippen molar-refractivity contribution >= 4 is 6.09 Å². The van der Waals surface area contributed by atoms with Crippen molar-refractivity contribution in [1.29, 1.82) is 0 Å². The van der Waals surface area contributed by atoms with Crippen molar-refractivity contribution in [3.63, 3.8) is 0 Å². The van der Waals surface area contributed by atoms with E-state index in [9.17, 15) is 4.79 Å². The number of carbonyl (C=O) groups is 1. The first kappa shape index (κ1) is 14.2. The van der Waals surface area contributed by atoms with Gasteiger partial charge in [0.05, 0.1) is 0 Å². The molecule has 1 atom stereocenters. The molecule has 0 rings (SSSR count). The predicted octanol–water partition coefficient (Wildman–Crippen LogP) is 1.88. The summed E-state index contributed by atoms with van der Waals surface area (Å²) in [6, 6.07) is 0. The standard InChI is InChI=1S/C11H24N2O2/c1-8(2)6-9(7-12)15-10(14)13-11(3,4)5/h8-9H,6-7,12H2,1-5H3,(H,13,14)/t9-/m0/s1. The minimum absolute atomic E-state index is 0.188. The first-order valence-electron chi connectivity index (χ1n) is 5.43. The number of alkyl carbamates (subject to hydrolysis) is 1. The lowest BCUT2D eigenvalue weighted by Crippen LogP contribution is -2.43. The van der Waals surface area contributed by atoms with E-state index >= 15 is 0 Å². The van der Waals surface area contributed by atoms with Crippen LogP contribution in [-0.2, 0) is 4.74 Å². The molecule has 3 N–H and O–H groups in total. The Morgan fingerprint density at radius 2 is 1.93 bits per heavy atom. The van der Waals surface area contributed by atoms with Crippen molar-refractivity contribution in [1.82, 2.24) is 5.32 Å². The van der Waals surface area contributed by atoms with E-state index in [4.69, 9.17) is 10.5 Å². The Bertz CT molecular complexity index is 197. The van der Waals surface area contributed by atoms with Crippen LogP contribution in [0.4, 0.5) is 4.79 Å². The second kappa shape index (κ2) is 5.95. The summed E-state index contributed by atoms with van der Waals surface area (Å²) in [5, 5.41) is 2.74. The van der Waals surface area contributed by atoms with Gasteiger partial charge in [0.15, 0.2) is 0 Å². The van der Waals surface area contributed by atoms with Crippen LogP contribution in [0.1, 0.15) is 41.0 Å². The summed E-state index contributed by atoms with van der Waals surface area (Å²) in [6.07, 6.45) is 0.222. The van der Waals surface area contributed by atoms with Crippen LogP contribution in [0.2, 0.25) is 0 Å². The largest absolute Gasteiger partial charge is 0.445 e. The van der Waals surface area contributed by atoms with Crippen LogP contribution in [0.3, 0.4) is 0 Å². The Labute approximate surface area is 92.6 Å². The van der Waals surface area contributed by atoms with E-state index in [2.05, 4.69) is 19.2 Å². The Morgan fingerprint density at radius 1 is 1.40 bits per heavy atom.